The lowest BCUT2D eigenvalue weighted by molar-refractivity contribution is 0.764. The first-order chi connectivity index (χ1) is 10.2. The zero-order chi connectivity index (χ0) is 14.7. The summed E-state index contributed by atoms with van der Waals surface area (Å²) >= 11 is 7.79. The molecule has 0 atom stereocenters. The van der Waals surface area contributed by atoms with Gasteiger partial charge in [0, 0.05) is 54.7 Å². The molecule has 4 nitrogen and oxygen atoms in total. The highest BCUT2D eigenvalue weighted by Gasteiger charge is 2.07. The molecule has 0 bridgehead atoms. The van der Waals surface area contributed by atoms with Gasteiger partial charge in [0.25, 0.3) is 0 Å². The van der Waals surface area contributed by atoms with Gasteiger partial charge >= 0.3 is 0 Å². The first-order valence-corrected chi connectivity index (χ1v) is 7.97. The van der Waals surface area contributed by atoms with Crippen LogP contribution in [0.15, 0.2) is 54.2 Å². The molecule has 1 aromatic carbocycles. The van der Waals surface area contributed by atoms with E-state index in [2.05, 4.69) is 14.5 Å². The Morgan fingerprint density at radius 2 is 2.05 bits per heavy atom. The molecule has 2 aromatic heterocycles. The Hall–Kier alpha value is -1.72. The molecule has 0 saturated heterocycles. The fourth-order valence-corrected chi connectivity index (χ4v) is 3.16. The summed E-state index contributed by atoms with van der Waals surface area (Å²) in [7, 11) is 2.00. The monoisotopic (exact) mass is 318 g/mol. The van der Waals surface area contributed by atoms with Crippen LogP contribution in [0.4, 0.5) is 0 Å². The summed E-state index contributed by atoms with van der Waals surface area (Å²) in [5.41, 5.74) is 1.04. The first-order valence-electron chi connectivity index (χ1n) is 6.61. The number of thioether (sulfide) groups is 1. The molecule has 6 heteroatoms. The number of imidazole rings is 2. The summed E-state index contributed by atoms with van der Waals surface area (Å²) in [5.74, 6) is 1.88. The number of rotatable bonds is 5. The lowest BCUT2D eigenvalue weighted by atomic mass is 10.2. The maximum Gasteiger partial charge on any atom is 0.167 e. The highest BCUT2D eigenvalue weighted by atomic mass is 35.5. The van der Waals surface area contributed by atoms with Crippen molar-refractivity contribution in [1.29, 1.82) is 0 Å². The Morgan fingerprint density at radius 3 is 2.81 bits per heavy atom. The van der Waals surface area contributed by atoms with E-state index in [1.54, 1.807) is 11.8 Å². The van der Waals surface area contributed by atoms with Crippen LogP contribution in [-0.2, 0) is 13.6 Å². The quantitative estimate of drug-likeness (QED) is 0.672. The summed E-state index contributed by atoms with van der Waals surface area (Å²) in [6.07, 6.45) is 7.59. The molecule has 0 aliphatic carbocycles. The predicted octanol–water partition coefficient (Wildman–Crippen LogP) is 3.73. The SMILES string of the molecule is Cn1ccnc1SCCn1ccnc1-c1cccc(Cl)c1. The molecule has 0 N–H and O–H groups in total. The molecule has 0 aliphatic heterocycles. The van der Waals surface area contributed by atoms with Crippen molar-refractivity contribution in [2.75, 3.05) is 5.75 Å². The molecular weight excluding hydrogens is 304 g/mol. The Kier molecular flexibility index (Phi) is 4.31. The molecule has 21 heavy (non-hydrogen) atoms. The average Bonchev–Trinajstić information content (AvgIpc) is 3.09. The third-order valence-electron chi connectivity index (χ3n) is 3.14. The van der Waals surface area contributed by atoms with E-state index in [0.29, 0.717) is 0 Å². The van der Waals surface area contributed by atoms with Gasteiger partial charge in [0.05, 0.1) is 0 Å². The van der Waals surface area contributed by atoms with Crippen LogP contribution in [0.1, 0.15) is 0 Å². The Bertz CT molecular complexity index is 735. The molecule has 0 radical (unpaired) electrons. The molecule has 0 amide bonds. The van der Waals surface area contributed by atoms with Gasteiger partial charge in [0.2, 0.25) is 0 Å². The summed E-state index contributed by atoms with van der Waals surface area (Å²) in [6, 6.07) is 7.78. The van der Waals surface area contributed by atoms with Gasteiger partial charge in [-0.2, -0.15) is 0 Å². The van der Waals surface area contributed by atoms with E-state index in [0.717, 1.165) is 33.9 Å². The van der Waals surface area contributed by atoms with Crippen molar-refractivity contribution in [3.8, 4) is 11.4 Å². The average molecular weight is 319 g/mol. The summed E-state index contributed by atoms with van der Waals surface area (Å²) in [5, 5.41) is 1.75. The second kappa shape index (κ2) is 6.37. The van der Waals surface area contributed by atoms with Gasteiger partial charge in [0.15, 0.2) is 5.16 Å². The van der Waals surface area contributed by atoms with Gasteiger partial charge in [-0.15, -0.1) is 0 Å². The Morgan fingerprint density at radius 1 is 1.19 bits per heavy atom. The van der Waals surface area contributed by atoms with Gasteiger partial charge < -0.3 is 9.13 Å². The Balaban J connectivity index is 1.70. The van der Waals surface area contributed by atoms with Crippen LogP contribution in [0.2, 0.25) is 5.02 Å². The summed E-state index contributed by atoms with van der Waals surface area (Å²) in [4.78, 5) is 8.75. The zero-order valence-electron chi connectivity index (χ0n) is 11.6. The van der Waals surface area contributed by atoms with Crippen molar-refractivity contribution in [3.05, 3.63) is 54.1 Å². The molecule has 0 fully saturated rings. The fourth-order valence-electron chi connectivity index (χ4n) is 2.10. The second-order valence-electron chi connectivity index (χ2n) is 4.62. The first kappa shape index (κ1) is 14.2. The van der Waals surface area contributed by atoms with Gasteiger partial charge in [0.1, 0.15) is 5.82 Å². The maximum atomic E-state index is 6.05. The van der Waals surface area contributed by atoms with Crippen LogP contribution >= 0.6 is 23.4 Å². The smallest absolute Gasteiger partial charge is 0.167 e. The van der Waals surface area contributed by atoms with Crippen molar-refractivity contribution < 1.29 is 0 Å². The number of aryl methyl sites for hydroxylation is 2. The lowest BCUT2D eigenvalue weighted by Crippen LogP contribution is -2.02. The maximum absolute atomic E-state index is 6.05. The standard InChI is InChI=1S/C15H15ClN4S/c1-19-7-5-18-15(19)21-10-9-20-8-6-17-14(20)12-3-2-4-13(16)11-12/h2-8,11H,9-10H2,1H3. The minimum atomic E-state index is 0.726. The molecular formula is C15H15ClN4S. The number of nitrogens with zero attached hydrogens (tertiary/aromatic N) is 4. The van der Waals surface area contributed by atoms with Gasteiger partial charge in [-0.1, -0.05) is 35.5 Å². The van der Waals surface area contributed by atoms with Crippen LogP contribution in [-0.4, -0.2) is 24.9 Å². The van der Waals surface area contributed by atoms with Gasteiger partial charge in [-0.25, -0.2) is 9.97 Å². The van der Waals surface area contributed by atoms with E-state index < -0.39 is 0 Å². The third-order valence-corrected chi connectivity index (χ3v) is 4.41. The van der Waals surface area contributed by atoms with E-state index in [4.69, 9.17) is 11.6 Å². The number of benzene rings is 1. The molecule has 2 heterocycles. The zero-order valence-corrected chi connectivity index (χ0v) is 13.2. The number of aromatic nitrogens is 4. The van der Waals surface area contributed by atoms with Crippen molar-refractivity contribution in [2.45, 2.75) is 11.7 Å². The number of hydrogen-bond donors (Lipinski definition) is 0. The van der Waals surface area contributed by atoms with E-state index in [9.17, 15) is 0 Å². The molecule has 0 aliphatic rings. The van der Waals surface area contributed by atoms with E-state index in [1.807, 2.05) is 60.7 Å². The van der Waals surface area contributed by atoms with Crippen molar-refractivity contribution in [2.24, 2.45) is 7.05 Å². The normalized spacial score (nSPS) is 11.0. The van der Waals surface area contributed by atoms with E-state index in [-0.39, 0.29) is 0 Å². The molecule has 3 rings (SSSR count). The predicted molar refractivity (Wildman–Crippen MR) is 86.6 cm³/mol. The minimum absolute atomic E-state index is 0.726. The minimum Gasteiger partial charge on any atom is -0.330 e. The highest BCUT2D eigenvalue weighted by Crippen LogP contribution is 2.22. The second-order valence-corrected chi connectivity index (χ2v) is 6.12. The van der Waals surface area contributed by atoms with Crippen LogP contribution in [0.3, 0.4) is 0 Å². The molecule has 0 saturated carbocycles. The number of halogens is 1. The summed E-state index contributed by atoms with van der Waals surface area (Å²) < 4.78 is 4.16. The van der Waals surface area contributed by atoms with Crippen molar-refractivity contribution >= 4 is 23.4 Å². The van der Waals surface area contributed by atoms with E-state index in [1.165, 1.54) is 0 Å². The van der Waals surface area contributed by atoms with Crippen LogP contribution < -0.4 is 0 Å². The molecule has 108 valence electrons. The fraction of sp³-hybridized carbons (Fsp3) is 0.200. The number of hydrogen-bond acceptors (Lipinski definition) is 3. The largest absolute Gasteiger partial charge is 0.330 e. The van der Waals surface area contributed by atoms with Crippen LogP contribution in [0.5, 0.6) is 0 Å². The molecule has 0 unspecified atom stereocenters. The topological polar surface area (TPSA) is 35.6 Å². The Labute approximate surface area is 132 Å². The van der Waals surface area contributed by atoms with Gasteiger partial charge in [-0.3, -0.25) is 0 Å². The van der Waals surface area contributed by atoms with Gasteiger partial charge in [-0.05, 0) is 12.1 Å². The summed E-state index contributed by atoms with van der Waals surface area (Å²) in [6.45, 7) is 0.874. The van der Waals surface area contributed by atoms with E-state index >= 15 is 0 Å². The van der Waals surface area contributed by atoms with Crippen LogP contribution in [0, 0.1) is 0 Å². The lowest BCUT2D eigenvalue weighted by Gasteiger charge is -2.08. The van der Waals surface area contributed by atoms with Crippen LogP contribution in [0.25, 0.3) is 11.4 Å². The highest BCUT2D eigenvalue weighted by molar-refractivity contribution is 7.99. The molecule has 0 spiro atoms. The third kappa shape index (κ3) is 3.31. The van der Waals surface area contributed by atoms with Crippen molar-refractivity contribution in [1.82, 2.24) is 19.1 Å². The van der Waals surface area contributed by atoms with Crippen molar-refractivity contribution in [3.63, 3.8) is 0 Å². The molecule has 3 aromatic rings.